The monoisotopic (exact) mass is 381 g/mol. The first-order valence-corrected chi connectivity index (χ1v) is 10.3. The first-order valence-electron chi connectivity index (χ1n) is 10.3. The number of nitrogens with one attached hydrogen (secondary N) is 1. The highest BCUT2D eigenvalue weighted by atomic mass is 16.5. The Morgan fingerprint density at radius 1 is 1.14 bits per heavy atom. The fraction of sp³-hybridized carbons (Fsp3) is 0.458. The standard InChI is InChI=1S/C24H31NO3/c1-5-21(19-13-14-22(27-4)16(2)15-19)25-24(26)17(3)28-23-12-8-10-18-9-6-7-11-20(18)23/h8,10,12-15,17,21H,5-7,9,11H2,1-4H3,(H,25,26)/t17-,21-/m0/s1. The molecular formula is C24H31NO3. The van der Waals surface area contributed by atoms with Crippen molar-refractivity contribution in [3.05, 3.63) is 58.7 Å². The molecule has 0 heterocycles. The Bertz CT molecular complexity index is 831. The van der Waals surface area contributed by atoms with Crippen LogP contribution in [0.5, 0.6) is 11.5 Å². The number of carbonyl (C=O) groups excluding carboxylic acids is 1. The zero-order valence-electron chi connectivity index (χ0n) is 17.4. The summed E-state index contributed by atoms with van der Waals surface area (Å²) in [7, 11) is 1.67. The zero-order chi connectivity index (χ0) is 20.1. The van der Waals surface area contributed by atoms with Gasteiger partial charge in [0.2, 0.25) is 0 Å². The third-order valence-corrected chi connectivity index (χ3v) is 5.57. The van der Waals surface area contributed by atoms with Crippen LogP contribution in [0.2, 0.25) is 0 Å². The van der Waals surface area contributed by atoms with Crippen molar-refractivity contribution in [2.24, 2.45) is 0 Å². The van der Waals surface area contributed by atoms with Crippen molar-refractivity contribution in [2.45, 2.75) is 65.0 Å². The number of rotatable bonds is 7. The van der Waals surface area contributed by atoms with Crippen LogP contribution in [0.4, 0.5) is 0 Å². The molecule has 0 saturated carbocycles. The molecule has 0 aliphatic heterocycles. The first kappa shape index (κ1) is 20.2. The number of amides is 1. The number of carbonyl (C=O) groups is 1. The second-order valence-electron chi connectivity index (χ2n) is 7.56. The number of fused-ring (bicyclic) bond motifs is 1. The highest BCUT2D eigenvalue weighted by Crippen LogP contribution is 2.30. The van der Waals surface area contributed by atoms with Crippen molar-refractivity contribution in [3.63, 3.8) is 0 Å². The molecule has 0 radical (unpaired) electrons. The number of hydrogen-bond acceptors (Lipinski definition) is 3. The molecule has 0 unspecified atom stereocenters. The molecule has 2 atom stereocenters. The van der Waals surface area contributed by atoms with Crippen LogP contribution in [0.3, 0.4) is 0 Å². The van der Waals surface area contributed by atoms with Gasteiger partial charge >= 0.3 is 0 Å². The van der Waals surface area contributed by atoms with Crippen molar-refractivity contribution < 1.29 is 14.3 Å². The van der Waals surface area contributed by atoms with E-state index in [1.54, 1.807) is 7.11 Å². The summed E-state index contributed by atoms with van der Waals surface area (Å²) in [5.41, 5.74) is 4.77. The first-order chi connectivity index (χ1) is 13.5. The predicted molar refractivity (Wildman–Crippen MR) is 112 cm³/mol. The van der Waals surface area contributed by atoms with Crippen LogP contribution in [0.1, 0.15) is 61.4 Å². The van der Waals surface area contributed by atoms with Gasteiger partial charge in [-0.15, -0.1) is 0 Å². The second-order valence-corrected chi connectivity index (χ2v) is 7.56. The number of ether oxygens (including phenoxy) is 2. The number of benzene rings is 2. The Labute approximate surface area is 168 Å². The van der Waals surface area contributed by atoms with Crippen molar-refractivity contribution in [3.8, 4) is 11.5 Å². The SMILES string of the molecule is CC[C@H](NC(=O)[C@H](C)Oc1cccc2c1CCCC2)c1ccc(OC)c(C)c1. The van der Waals surface area contributed by atoms with E-state index in [9.17, 15) is 4.79 Å². The molecule has 28 heavy (non-hydrogen) atoms. The molecule has 3 rings (SSSR count). The minimum Gasteiger partial charge on any atom is -0.496 e. The van der Waals surface area contributed by atoms with Crippen molar-refractivity contribution in [1.29, 1.82) is 0 Å². The van der Waals surface area contributed by atoms with E-state index >= 15 is 0 Å². The van der Waals surface area contributed by atoms with Gasteiger partial charge in [-0.1, -0.05) is 31.2 Å². The molecule has 1 N–H and O–H groups in total. The second kappa shape index (κ2) is 9.13. The normalized spacial score (nSPS) is 15.3. The summed E-state index contributed by atoms with van der Waals surface area (Å²) in [6.07, 6.45) is 4.81. The van der Waals surface area contributed by atoms with Crippen molar-refractivity contribution >= 4 is 5.91 Å². The summed E-state index contributed by atoms with van der Waals surface area (Å²) < 4.78 is 11.4. The molecule has 150 valence electrons. The van der Waals surface area contributed by atoms with Gasteiger partial charge in [0, 0.05) is 0 Å². The lowest BCUT2D eigenvalue weighted by Gasteiger charge is -2.24. The van der Waals surface area contributed by atoms with Crippen LogP contribution in [0, 0.1) is 6.92 Å². The van der Waals surface area contributed by atoms with Crippen LogP contribution in [0.25, 0.3) is 0 Å². The van der Waals surface area contributed by atoms with Crippen molar-refractivity contribution in [1.82, 2.24) is 5.32 Å². The van der Waals surface area contributed by atoms with Gasteiger partial charge in [-0.25, -0.2) is 0 Å². The van der Waals surface area contributed by atoms with E-state index in [2.05, 4.69) is 24.4 Å². The van der Waals surface area contributed by atoms with E-state index in [1.165, 1.54) is 24.0 Å². The number of methoxy groups -OCH3 is 1. The molecule has 0 aromatic heterocycles. The predicted octanol–water partition coefficient (Wildman–Crippen LogP) is 4.92. The van der Waals surface area contributed by atoms with Crippen LogP contribution in [-0.2, 0) is 17.6 Å². The van der Waals surface area contributed by atoms with Gasteiger partial charge in [0.1, 0.15) is 11.5 Å². The fourth-order valence-corrected chi connectivity index (χ4v) is 3.93. The van der Waals surface area contributed by atoms with Gasteiger partial charge in [0.25, 0.3) is 5.91 Å². The summed E-state index contributed by atoms with van der Waals surface area (Å²) in [5.74, 6) is 1.62. The van der Waals surface area contributed by atoms with Gasteiger partial charge < -0.3 is 14.8 Å². The lowest BCUT2D eigenvalue weighted by atomic mass is 9.91. The molecule has 1 aliphatic carbocycles. The molecule has 0 bridgehead atoms. The summed E-state index contributed by atoms with van der Waals surface area (Å²) in [5, 5.41) is 3.14. The molecule has 4 heteroatoms. The summed E-state index contributed by atoms with van der Waals surface area (Å²) in [6.45, 7) is 5.91. The summed E-state index contributed by atoms with van der Waals surface area (Å²) in [6, 6.07) is 12.2. The van der Waals surface area contributed by atoms with E-state index in [0.29, 0.717) is 0 Å². The molecule has 0 saturated heterocycles. The third kappa shape index (κ3) is 4.49. The topological polar surface area (TPSA) is 47.6 Å². The highest BCUT2D eigenvalue weighted by Gasteiger charge is 2.22. The van der Waals surface area contributed by atoms with Gasteiger partial charge in [0.15, 0.2) is 6.10 Å². The summed E-state index contributed by atoms with van der Waals surface area (Å²) >= 11 is 0. The Morgan fingerprint density at radius 2 is 1.93 bits per heavy atom. The molecular weight excluding hydrogens is 350 g/mol. The summed E-state index contributed by atoms with van der Waals surface area (Å²) in [4.78, 5) is 12.8. The Balaban J connectivity index is 1.68. The fourth-order valence-electron chi connectivity index (χ4n) is 3.93. The largest absolute Gasteiger partial charge is 0.496 e. The smallest absolute Gasteiger partial charge is 0.261 e. The van der Waals surface area contributed by atoms with Gasteiger partial charge in [-0.3, -0.25) is 4.79 Å². The Kier molecular flexibility index (Phi) is 6.61. The van der Waals surface area contributed by atoms with Crippen LogP contribution >= 0.6 is 0 Å². The maximum Gasteiger partial charge on any atom is 0.261 e. The van der Waals surface area contributed by atoms with E-state index in [1.807, 2.05) is 38.1 Å². The molecule has 4 nitrogen and oxygen atoms in total. The molecule has 0 spiro atoms. The maximum absolute atomic E-state index is 12.8. The molecule has 1 aliphatic rings. The lowest BCUT2D eigenvalue weighted by Crippen LogP contribution is -2.38. The molecule has 2 aromatic carbocycles. The van der Waals surface area contributed by atoms with E-state index < -0.39 is 6.10 Å². The molecule has 2 aromatic rings. The van der Waals surface area contributed by atoms with E-state index in [-0.39, 0.29) is 11.9 Å². The third-order valence-electron chi connectivity index (χ3n) is 5.57. The average molecular weight is 382 g/mol. The molecule has 0 fully saturated rings. The van der Waals surface area contributed by atoms with E-state index in [0.717, 1.165) is 41.9 Å². The minimum atomic E-state index is -0.540. The average Bonchev–Trinajstić information content (AvgIpc) is 2.72. The number of hydrogen-bond donors (Lipinski definition) is 1. The van der Waals surface area contributed by atoms with E-state index in [4.69, 9.17) is 9.47 Å². The minimum absolute atomic E-state index is 0.0483. The Morgan fingerprint density at radius 3 is 2.64 bits per heavy atom. The van der Waals surface area contributed by atoms with Gasteiger partial charge in [-0.05, 0) is 80.3 Å². The quantitative estimate of drug-likeness (QED) is 0.741. The maximum atomic E-state index is 12.8. The lowest BCUT2D eigenvalue weighted by molar-refractivity contribution is -0.128. The van der Waals surface area contributed by atoms with Crippen LogP contribution in [-0.4, -0.2) is 19.1 Å². The van der Waals surface area contributed by atoms with Crippen LogP contribution in [0.15, 0.2) is 36.4 Å². The highest BCUT2D eigenvalue weighted by molar-refractivity contribution is 5.81. The molecule has 1 amide bonds. The van der Waals surface area contributed by atoms with Gasteiger partial charge in [-0.2, -0.15) is 0 Å². The van der Waals surface area contributed by atoms with Gasteiger partial charge in [0.05, 0.1) is 13.2 Å². The van der Waals surface area contributed by atoms with Crippen LogP contribution < -0.4 is 14.8 Å². The number of aryl methyl sites for hydroxylation is 2. The van der Waals surface area contributed by atoms with Crippen molar-refractivity contribution in [2.75, 3.05) is 7.11 Å². The zero-order valence-corrected chi connectivity index (χ0v) is 17.4. The Hall–Kier alpha value is -2.49.